The van der Waals surface area contributed by atoms with Crippen molar-refractivity contribution < 1.29 is 9.31 Å². The summed E-state index contributed by atoms with van der Waals surface area (Å²) < 4.78 is 13.6. The topological polar surface area (TPSA) is 72.4 Å². The summed E-state index contributed by atoms with van der Waals surface area (Å²) in [5, 5.41) is 10.9. The SMILES string of the molecule is CCN(c1cc(F)cc([N+](=O)[O-])c1)C1CCCC1CN. The molecule has 1 aliphatic rings. The van der Waals surface area contributed by atoms with Gasteiger partial charge in [-0.1, -0.05) is 6.42 Å². The number of hydrogen-bond donors (Lipinski definition) is 1. The normalized spacial score (nSPS) is 21.9. The molecular formula is C14H20FN3O2. The molecule has 0 heterocycles. The summed E-state index contributed by atoms with van der Waals surface area (Å²) in [6, 6.07) is 4.00. The highest BCUT2D eigenvalue weighted by molar-refractivity contribution is 5.54. The van der Waals surface area contributed by atoms with Crippen molar-refractivity contribution in [3.8, 4) is 0 Å². The van der Waals surface area contributed by atoms with E-state index < -0.39 is 10.7 Å². The van der Waals surface area contributed by atoms with Gasteiger partial charge in [0.05, 0.1) is 11.0 Å². The third-order valence-corrected chi connectivity index (χ3v) is 4.07. The largest absolute Gasteiger partial charge is 0.368 e. The lowest BCUT2D eigenvalue weighted by Crippen LogP contribution is -2.40. The van der Waals surface area contributed by atoms with Crippen LogP contribution < -0.4 is 10.6 Å². The number of nitrogens with two attached hydrogens (primary N) is 1. The molecule has 2 atom stereocenters. The summed E-state index contributed by atoms with van der Waals surface area (Å²) in [5.41, 5.74) is 6.16. The van der Waals surface area contributed by atoms with Crippen LogP contribution in [0.25, 0.3) is 0 Å². The van der Waals surface area contributed by atoms with Crippen molar-refractivity contribution in [2.24, 2.45) is 11.7 Å². The van der Waals surface area contributed by atoms with Gasteiger partial charge in [-0.2, -0.15) is 0 Å². The molecular weight excluding hydrogens is 261 g/mol. The maximum Gasteiger partial charge on any atom is 0.274 e. The number of nitro groups is 1. The highest BCUT2D eigenvalue weighted by Crippen LogP contribution is 2.34. The lowest BCUT2D eigenvalue weighted by molar-refractivity contribution is -0.385. The summed E-state index contributed by atoms with van der Waals surface area (Å²) in [5.74, 6) is -0.202. The monoisotopic (exact) mass is 281 g/mol. The van der Waals surface area contributed by atoms with Crippen LogP contribution in [0.15, 0.2) is 18.2 Å². The first kappa shape index (κ1) is 14.7. The standard InChI is InChI=1S/C14H20FN3O2/c1-2-17(14-5-3-4-10(14)9-16)12-6-11(15)7-13(8-12)18(19)20/h6-8,10,14H,2-5,9,16H2,1H3. The number of nitrogens with zero attached hydrogens (tertiary/aromatic N) is 2. The second-order valence-electron chi connectivity index (χ2n) is 5.20. The van der Waals surface area contributed by atoms with Gasteiger partial charge in [-0.05, 0) is 38.3 Å². The highest BCUT2D eigenvalue weighted by Gasteiger charge is 2.31. The van der Waals surface area contributed by atoms with Crippen molar-refractivity contribution in [2.75, 3.05) is 18.0 Å². The molecule has 0 aromatic heterocycles. The van der Waals surface area contributed by atoms with Crippen molar-refractivity contribution in [1.82, 2.24) is 0 Å². The fourth-order valence-corrected chi connectivity index (χ4v) is 3.14. The van der Waals surface area contributed by atoms with Crippen molar-refractivity contribution in [3.63, 3.8) is 0 Å². The molecule has 0 radical (unpaired) electrons. The van der Waals surface area contributed by atoms with Gasteiger partial charge in [0.1, 0.15) is 5.82 Å². The molecule has 20 heavy (non-hydrogen) atoms. The third kappa shape index (κ3) is 2.90. The van der Waals surface area contributed by atoms with Crippen LogP contribution in [0.3, 0.4) is 0 Å². The van der Waals surface area contributed by atoms with Crippen molar-refractivity contribution in [3.05, 3.63) is 34.1 Å². The van der Waals surface area contributed by atoms with Gasteiger partial charge in [0.25, 0.3) is 5.69 Å². The Bertz CT molecular complexity index is 495. The Morgan fingerprint density at radius 3 is 2.80 bits per heavy atom. The molecule has 1 aromatic carbocycles. The van der Waals surface area contributed by atoms with Crippen LogP contribution in [0.1, 0.15) is 26.2 Å². The van der Waals surface area contributed by atoms with Crippen molar-refractivity contribution in [1.29, 1.82) is 0 Å². The van der Waals surface area contributed by atoms with Crippen LogP contribution >= 0.6 is 0 Å². The third-order valence-electron chi connectivity index (χ3n) is 4.07. The number of hydrogen-bond acceptors (Lipinski definition) is 4. The van der Waals surface area contributed by atoms with E-state index in [-0.39, 0.29) is 11.7 Å². The molecule has 0 bridgehead atoms. The van der Waals surface area contributed by atoms with E-state index in [1.54, 1.807) is 0 Å². The van der Waals surface area contributed by atoms with E-state index in [1.165, 1.54) is 12.1 Å². The van der Waals surface area contributed by atoms with E-state index in [1.807, 2.05) is 11.8 Å². The highest BCUT2D eigenvalue weighted by atomic mass is 19.1. The quantitative estimate of drug-likeness (QED) is 0.665. The van der Waals surface area contributed by atoms with Gasteiger partial charge in [-0.15, -0.1) is 0 Å². The summed E-state index contributed by atoms with van der Waals surface area (Å²) in [6.45, 7) is 3.25. The van der Waals surface area contributed by atoms with Crippen molar-refractivity contribution in [2.45, 2.75) is 32.2 Å². The molecule has 2 rings (SSSR count). The number of nitro benzene ring substituents is 1. The minimum absolute atomic E-state index is 0.208. The fourth-order valence-electron chi connectivity index (χ4n) is 3.14. The first-order valence-corrected chi connectivity index (χ1v) is 6.98. The Balaban J connectivity index is 2.34. The van der Waals surface area contributed by atoms with Crippen molar-refractivity contribution >= 4 is 11.4 Å². The zero-order valence-corrected chi connectivity index (χ0v) is 11.6. The second kappa shape index (κ2) is 6.17. The molecule has 5 nitrogen and oxygen atoms in total. The molecule has 2 N–H and O–H groups in total. The maximum atomic E-state index is 13.6. The number of rotatable bonds is 5. The van der Waals surface area contributed by atoms with E-state index >= 15 is 0 Å². The molecule has 1 fully saturated rings. The molecule has 1 saturated carbocycles. The Morgan fingerprint density at radius 1 is 1.45 bits per heavy atom. The minimum Gasteiger partial charge on any atom is -0.368 e. The lowest BCUT2D eigenvalue weighted by atomic mass is 10.0. The van der Waals surface area contributed by atoms with Crippen LogP contribution in [0.5, 0.6) is 0 Å². The second-order valence-corrected chi connectivity index (χ2v) is 5.20. The number of benzene rings is 1. The fraction of sp³-hybridized carbons (Fsp3) is 0.571. The number of anilines is 1. The summed E-state index contributed by atoms with van der Waals surface area (Å²) >= 11 is 0. The van der Waals surface area contributed by atoms with Gasteiger partial charge in [0.15, 0.2) is 0 Å². The van der Waals surface area contributed by atoms with Gasteiger partial charge >= 0.3 is 0 Å². The van der Waals surface area contributed by atoms with E-state index in [9.17, 15) is 14.5 Å². The van der Waals surface area contributed by atoms with E-state index in [2.05, 4.69) is 0 Å². The van der Waals surface area contributed by atoms with Gasteiger partial charge in [-0.3, -0.25) is 10.1 Å². The minimum atomic E-state index is -0.574. The van der Waals surface area contributed by atoms with Gasteiger partial charge < -0.3 is 10.6 Å². The molecule has 0 spiro atoms. The number of non-ortho nitro benzene ring substituents is 1. The first-order valence-electron chi connectivity index (χ1n) is 6.98. The summed E-state index contributed by atoms with van der Waals surface area (Å²) in [6.07, 6.45) is 3.16. The average Bonchev–Trinajstić information content (AvgIpc) is 2.87. The maximum absolute atomic E-state index is 13.6. The average molecular weight is 281 g/mol. The predicted molar refractivity (Wildman–Crippen MR) is 76.3 cm³/mol. The van der Waals surface area contributed by atoms with Crippen LogP contribution in [-0.2, 0) is 0 Å². The molecule has 2 unspecified atom stereocenters. The molecule has 6 heteroatoms. The van der Waals surface area contributed by atoms with Gasteiger partial charge in [0.2, 0.25) is 0 Å². The smallest absolute Gasteiger partial charge is 0.274 e. The first-order chi connectivity index (χ1) is 9.56. The Hall–Kier alpha value is -1.69. The van der Waals surface area contributed by atoms with Crippen LogP contribution in [0.4, 0.5) is 15.8 Å². The van der Waals surface area contributed by atoms with Crippen LogP contribution in [0.2, 0.25) is 0 Å². The Kier molecular flexibility index (Phi) is 4.54. The Morgan fingerprint density at radius 2 is 2.20 bits per heavy atom. The molecule has 110 valence electrons. The van der Waals surface area contributed by atoms with E-state index in [4.69, 9.17) is 5.73 Å². The van der Waals surface area contributed by atoms with E-state index in [0.717, 1.165) is 25.3 Å². The zero-order chi connectivity index (χ0) is 14.7. The van der Waals surface area contributed by atoms with Gasteiger partial charge in [-0.25, -0.2) is 4.39 Å². The molecule has 0 amide bonds. The predicted octanol–water partition coefficient (Wildman–Crippen LogP) is 2.69. The van der Waals surface area contributed by atoms with E-state index in [0.29, 0.717) is 24.7 Å². The lowest BCUT2D eigenvalue weighted by Gasteiger charge is -2.33. The summed E-state index contributed by atoms with van der Waals surface area (Å²) in [4.78, 5) is 12.3. The molecule has 0 aliphatic heterocycles. The number of halogens is 1. The zero-order valence-electron chi connectivity index (χ0n) is 11.6. The van der Waals surface area contributed by atoms with Crippen LogP contribution in [0, 0.1) is 21.8 Å². The van der Waals surface area contributed by atoms with Crippen LogP contribution in [-0.4, -0.2) is 24.1 Å². The summed E-state index contributed by atoms with van der Waals surface area (Å²) in [7, 11) is 0. The molecule has 1 aromatic rings. The molecule has 0 saturated heterocycles. The Labute approximate surface area is 117 Å². The van der Waals surface area contributed by atoms with Gasteiger partial charge in [0, 0.05) is 24.3 Å². The molecule has 1 aliphatic carbocycles.